The summed E-state index contributed by atoms with van der Waals surface area (Å²) >= 11 is 0. The van der Waals surface area contributed by atoms with E-state index in [1.807, 2.05) is 0 Å². The predicted octanol–water partition coefficient (Wildman–Crippen LogP) is 0.944. The maximum atomic E-state index is 13.8. The molecule has 4 N–H and O–H groups in total. The molecule has 1 aromatic heterocycles. The summed E-state index contributed by atoms with van der Waals surface area (Å²) in [6.45, 7) is 2.68. The third-order valence-electron chi connectivity index (χ3n) is 2.87. The number of nitrogens with one attached hydrogen (secondary N) is 1. The van der Waals surface area contributed by atoms with Crippen molar-refractivity contribution in [3.63, 3.8) is 0 Å². The average molecular weight is 293 g/mol. The van der Waals surface area contributed by atoms with Crippen LogP contribution >= 0.6 is 0 Å². The highest BCUT2D eigenvalue weighted by molar-refractivity contribution is 5.97. The molecular weight excluding hydrogens is 277 g/mol. The Morgan fingerprint density at radius 3 is 2.95 bits per heavy atom. The van der Waals surface area contributed by atoms with Crippen molar-refractivity contribution in [1.82, 2.24) is 15.5 Å². The molecule has 1 aromatic carbocycles. The number of nitrogens with zero attached hydrogens (tertiary/aromatic N) is 3. The standard InChI is InChI=1S/C13H16FN5O2/c1-8-17-12(19-21-8)4-5-16-7-10-3-2-9(6-11(10)14)13(15)18-20/h2-3,6,16,20H,4-5,7H2,1H3,(H2,15,18). The first-order valence-corrected chi connectivity index (χ1v) is 6.36. The third-order valence-corrected chi connectivity index (χ3v) is 2.87. The molecule has 7 nitrogen and oxygen atoms in total. The number of aryl methyl sites for hydroxylation is 1. The molecule has 21 heavy (non-hydrogen) atoms. The minimum absolute atomic E-state index is 0.124. The number of amidine groups is 1. The Kier molecular flexibility index (Phi) is 4.83. The van der Waals surface area contributed by atoms with Gasteiger partial charge in [0.25, 0.3) is 0 Å². The number of oxime groups is 1. The molecule has 8 heteroatoms. The number of aromatic nitrogens is 2. The van der Waals surface area contributed by atoms with Crippen LogP contribution in [0, 0.1) is 12.7 Å². The summed E-state index contributed by atoms with van der Waals surface area (Å²) in [7, 11) is 0. The minimum atomic E-state index is -0.415. The highest BCUT2D eigenvalue weighted by Crippen LogP contribution is 2.10. The van der Waals surface area contributed by atoms with Gasteiger partial charge in [-0.05, 0) is 6.07 Å². The van der Waals surface area contributed by atoms with Crippen molar-refractivity contribution in [2.24, 2.45) is 10.9 Å². The topological polar surface area (TPSA) is 110 Å². The van der Waals surface area contributed by atoms with Gasteiger partial charge in [0.05, 0.1) is 0 Å². The number of halogens is 1. The van der Waals surface area contributed by atoms with Crippen molar-refractivity contribution in [3.8, 4) is 0 Å². The summed E-state index contributed by atoms with van der Waals surface area (Å²) in [5, 5.41) is 18.2. The Morgan fingerprint density at radius 2 is 2.33 bits per heavy atom. The van der Waals surface area contributed by atoms with E-state index in [0.29, 0.717) is 42.4 Å². The van der Waals surface area contributed by atoms with Gasteiger partial charge in [-0.25, -0.2) is 4.39 Å². The molecule has 0 aliphatic heterocycles. The maximum Gasteiger partial charge on any atom is 0.223 e. The minimum Gasteiger partial charge on any atom is -0.409 e. The molecule has 2 rings (SSSR count). The van der Waals surface area contributed by atoms with E-state index in [1.54, 1.807) is 19.1 Å². The average Bonchev–Trinajstić information content (AvgIpc) is 2.89. The van der Waals surface area contributed by atoms with Crippen LogP contribution in [0.1, 0.15) is 22.8 Å². The van der Waals surface area contributed by atoms with Crippen LogP contribution in [-0.4, -0.2) is 27.7 Å². The van der Waals surface area contributed by atoms with Gasteiger partial charge in [0.15, 0.2) is 11.7 Å². The van der Waals surface area contributed by atoms with E-state index in [9.17, 15) is 4.39 Å². The summed E-state index contributed by atoms with van der Waals surface area (Å²) in [5.41, 5.74) is 6.22. The molecule has 0 aliphatic rings. The largest absolute Gasteiger partial charge is 0.409 e. The number of rotatable bonds is 6. The molecule has 0 bridgehead atoms. The Labute approximate surface area is 120 Å². The fourth-order valence-corrected chi connectivity index (χ4v) is 1.77. The first-order chi connectivity index (χ1) is 10.1. The van der Waals surface area contributed by atoms with Gasteiger partial charge in [-0.3, -0.25) is 0 Å². The number of hydrogen-bond donors (Lipinski definition) is 3. The molecular formula is C13H16FN5O2. The van der Waals surface area contributed by atoms with E-state index in [0.717, 1.165) is 0 Å². The van der Waals surface area contributed by atoms with Crippen LogP contribution in [-0.2, 0) is 13.0 Å². The molecule has 0 aliphatic carbocycles. The quantitative estimate of drug-likeness (QED) is 0.240. The predicted molar refractivity (Wildman–Crippen MR) is 73.4 cm³/mol. The zero-order valence-corrected chi connectivity index (χ0v) is 11.5. The summed E-state index contributed by atoms with van der Waals surface area (Å²) in [6, 6.07) is 4.42. The zero-order valence-electron chi connectivity index (χ0n) is 11.5. The highest BCUT2D eigenvalue weighted by atomic mass is 19.1. The maximum absolute atomic E-state index is 13.8. The van der Waals surface area contributed by atoms with Crippen LogP contribution in [0.4, 0.5) is 4.39 Å². The molecule has 0 saturated carbocycles. The van der Waals surface area contributed by atoms with Crippen molar-refractivity contribution in [3.05, 3.63) is 46.9 Å². The van der Waals surface area contributed by atoms with Crippen molar-refractivity contribution in [2.45, 2.75) is 19.9 Å². The van der Waals surface area contributed by atoms with Gasteiger partial charge in [-0.15, -0.1) is 0 Å². The first-order valence-electron chi connectivity index (χ1n) is 6.36. The van der Waals surface area contributed by atoms with Gasteiger partial charge in [-0.1, -0.05) is 22.4 Å². The lowest BCUT2D eigenvalue weighted by Gasteiger charge is -2.06. The van der Waals surface area contributed by atoms with E-state index in [4.69, 9.17) is 15.5 Å². The lowest BCUT2D eigenvalue weighted by Crippen LogP contribution is -2.19. The van der Waals surface area contributed by atoms with Gasteiger partial charge in [0, 0.05) is 37.6 Å². The molecule has 0 amide bonds. The van der Waals surface area contributed by atoms with Crippen LogP contribution in [0.5, 0.6) is 0 Å². The Balaban J connectivity index is 1.86. The number of nitrogens with two attached hydrogens (primary N) is 1. The van der Waals surface area contributed by atoms with Crippen LogP contribution in [0.3, 0.4) is 0 Å². The molecule has 0 fully saturated rings. The van der Waals surface area contributed by atoms with Gasteiger partial charge in [0.2, 0.25) is 5.89 Å². The van der Waals surface area contributed by atoms with Gasteiger partial charge >= 0.3 is 0 Å². The fraction of sp³-hybridized carbons (Fsp3) is 0.308. The Hall–Kier alpha value is -2.48. The Bertz CT molecular complexity index is 641. The van der Waals surface area contributed by atoms with E-state index in [1.165, 1.54) is 6.07 Å². The second-order valence-electron chi connectivity index (χ2n) is 4.45. The van der Waals surface area contributed by atoms with Crippen LogP contribution in [0.15, 0.2) is 27.9 Å². The van der Waals surface area contributed by atoms with Gasteiger partial charge in [-0.2, -0.15) is 4.98 Å². The van der Waals surface area contributed by atoms with E-state index in [-0.39, 0.29) is 5.84 Å². The molecule has 1 heterocycles. The van der Waals surface area contributed by atoms with Crippen LogP contribution in [0.25, 0.3) is 0 Å². The summed E-state index contributed by atoms with van der Waals surface area (Å²) < 4.78 is 18.7. The van der Waals surface area contributed by atoms with Gasteiger partial charge < -0.3 is 20.8 Å². The summed E-state index contributed by atoms with van der Waals surface area (Å²) in [6.07, 6.45) is 0.598. The smallest absolute Gasteiger partial charge is 0.223 e. The monoisotopic (exact) mass is 293 g/mol. The molecule has 112 valence electrons. The SMILES string of the molecule is Cc1nc(CCNCc2ccc(/C(N)=N/O)cc2F)no1. The van der Waals surface area contributed by atoms with E-state index < -0.39 is 5.82 Å². The molecule has 2 aromatic rings. The van der Waals surface area contributed by atoms with Crippen molar-refractivity contribution in [2.75, 3.05) is 6.54 Å². The molecule has 0 spiro atoms. The van der Waals surface area contributed by atoms with Crippen molar-refractivity contribution >= 4 is 5.84 Å². The van der Waals surface area contributed by atoms with Crippen LogP contribution < -0.4 is 11.1 Å². The lowest BCUT2D eigenvalue weighted by molar-refractivity contribution is 0.318. The molecule has 0 atom stereocenters. The molecule has 0 radical (unpaired) electrons. The highest BCUT2D eigenvalue weighted by Gasteiger charge is 2.07. The molecule has 0 saturated heterocycles. The Morgan fingerprint density at radius 1 is 1.52 bits per heavy atom. The lowest BCUT2D eigenvalue weighted by atomic mass is 10.1. The summed E-state index contributed by atoms with van der Waals surface area (Å²) in [5.74, 6) is 0.598. The van der Waals surface area contributed by atoms with Crippen molar-refractivity contribution in [1.29, 1.82) is 0 Å². The number of hydrogen-bond acceptors (Lipinski definition) is 6. The second-order valence-corrected chi connectivity index (χ2v) is 4.45. The van der Waals surface area contributed by atoms with E-state index >= 15 is 0 Å². The normalized spacial score (nSPS) is 11.8. The second kappa shape index (κ2) is 6.80. The molecule has 0 unspecified atom stereocenters. The first kappa shape index (κ1) is 14.9. The number of benzene rings is 1. The third kappa shape index (κ3) is 3.99. The van der Waals surface area contributed by atoms with Gasteiger partial charge in [0.1, 0.15) is 5.82 Å². The van der Waals surface area contributed by atoms with E-state index in [2.05, 4.69) is 20.6 Å². The van der Waals surface area contributed by atoms with Crippen molar-refractivity contribution < 1.29 is 14.1 Å². The van der Waals surface area contributed by atoms with Crippen LogP contribution in [0.2, 0.25) is 0 Å². The fourth-order valence-electron chi connectivity index (χ4n) is 1.77. The summed E-state index contributed by atoms with van der Waals surface area (Å²) in [4.78, 5) is 4.07. The zero-order chi connectivity index (χ0) is 15.2.